The highest BCUT2D eigenvalue weighted by molar-refractivity contribution is 7.84. The van der Waals surface area contributed by atoms with E-state index < -0.39 is 10.8 Å². The molecule has 0 aliphatic heterocycles. The van der Waals surface area contributed by atoms with Gasteiger partial charge in [0.15, 0.2) is 0 Å². The first-order valence-corrected chi connectivity index (χ1v) is 6.35. The molecule has 1 aromatic heterocycles. The van der Waals surface area contributed by atoms with E-state index in [9.17, 15) is 4.21 Å². The van der Waals surface area contributed by atoms with E-state index >= 15 is 0 Å². The van der Waals surface area contributed by atoms with Gasteiger partial charge >= 0.3 is 0 Å². The van der Waals surface area contributed by atoms with Gasteiger partial charge in [-0.25, -0.2) is 4.73 Å². The largest absolute Gasteiger partial charge is 0.429 e. The minimum absolute atomic E-state index is 0.418. The van der Waals surface area contributed by atoms with Crippen LogP contribution in [-0.4, -0.2) is 14.1 Å². The van der Waals surface area contributed by atoms with Gasteiger partial charge < -0.3 is 5.21 Å². The summed E-state index contributed by atoms with van der Waals surface area (Å²) in [5.41, 5.74) is 0.952. The molecule has 5 heteroatoms. The highest BCUT2D eigenvalue weighted by atomic mass is 35.5. The Morgan fingerprint density at radius 2 is 1.94 bits per heavy atom. The van der Waals surface area contributed by atoms with Crippen LogP contribution in [-0.2, 0) is 16.6 Å². The predicted octanol–water partition coefficient (Wildman–Crippen LogP) is 2.69. The van der Waals surface area contributed by atoms with Crippen molar-refractivity contribution in [2.24, 2.45) is 0 Å². The normalized spacial score (nSPS) is 12.6. The summed E-state index contributed by atoms with van der Waals surface area (Å²) in [6.07, 6.45) is 2.89. The average Bonchev–Trinajstić information content (AvgIpc) is 2.68. The summed E-state index contributed by atoms with van der Waals surface area (Å²) in [6.45, 7) is 0. The van der Waals surface area contributed by atoms with E-state index in [1.165, 1.54) is 12.4 Å². The van der Waals surface area contributed by atoms with Crippen molar-refractivity contribution in [2.75, 3.05) is 0 Å². The molecule has 0 radical (unpaired) electrons. The van der Waals surface area contributed by atoms with Crippen molar-refractivity contribution in [3.8, 4) is 0 Å². The van der Waals surface area contributed by atoms with Crippen LogP contribution in [0.15, 0.2) is 47.6 Å². The van der Waals surface area contributed by atoms with E-state index in [0.29, 0.717) is 15.7 Å². The molecule has 0 spiro atoms. The van der Waals surface area contributed by atoms with Crippen molar-refractivity contribution in [1.82, 2.24) is 4.73 Å². The summed E-state index contributed by atoms with van der Waals surface area (Å²) in [4.78, 5) is 0.609. The van der Waals surface area contributed by atoms with Crippen molar-refractivity contribution in [3.05, 3.63) is 53.3 Å². The van der Waals surface area contributed by atoms with Crippen molar-refractivity contribution >= 4 is 22.4 Å². The van der Waals surface area contributed by atoms with Gasteiger partial charge in [0, 0.05) is 11.2 Å². The molecular formula is C11H10ClNO2S. The molecule has 0 saturated heterocycles. The van der Waals surface area contributed by atoms with Gasteiger partial charge in [-0.3, -0.25) is 4.21 Å². The fourth-order valence-corrected chi connectivity index (χ4v) is 2.54. The van der Waals surface area contributed by atoms with Gasteiger partial charge in [-0.05, 0) is 23.8 Å². The second kappa shape index (κ2) is 4.72. The minimum Gasteiger partial charge on any atom is -0.429 e. The topological polar surface area (TPSA) is 42.2 Å². The lowest BCUT2D eigenvalue weighted by atomic mass is 10.2. The fourth-order valence-electron chi connectivity index (χ4n) is 1.32. The SMILES string of the molecule is O=S(Cc1ccc(Cl)cc1)c1ccn(O)c1. The van der Waals surface area contributed by atoms with Crippen molar-refractivity contribution < 1.29 is 9.42 Å². The Morgan fingerprint density at radius 1 is 1.25 bits per heavy atom. The second-order valence-corrected chi connectivity index (χ2v) is 5.23. The molecule has 0 bridgehead atoms. The summed E-state index contributed by atoms with van der Waals surface area (Å²) < 4.78 is 12.8. The van der Waals surface area contributed by atoms with Gasteiger partial charge in [0.1, 0.15) is 0 Å². The first-order valence-electron chi connectivity index (χ1n) is 4.65. The standard InChI is InChI=1S/C11H10ClNO2S/c12-10-3-1-9(2-4-10)8-16(15)11-5-6-13(14)7-11/h1-7,14H,8H2. The Bertz CT molecular complexity index is 507. The molecule has 0 fully saturated rings. The van der Waals surface area contributed by atoms with Gasteiger partial charge in [0.2, 0.25) is 0 Å². The fraction of sp³-hybridized carbons (Fsp3) is 0.0909. The quantitative estimate of drug-likeness (QED) is 0.857. The molecule has 0 amide bonds. The van der Waals surface area contributed by atoms with Gasteiger partial charge in [-0.2, -0.15) is 0 Å². The number of hydrogen-bond acceptors (Lipinski definition) is 2. The monoisotopic (exact) mass is 255 g/mol. The lowest BCUT2D eigenvalue weighted by Crippen LogP contribution is -1.95. The smallest absolute Gasteiger partial charge is 0.0604 e. The van der Waals surface area contributed by atoms with Crippen molar-refractivity contribution in [1.29, 1.82) is 0 Å². The van der Waals surface area contributed by atoms with Gasteiger partial charge in [0.25, 0.3) is 0 Å². The molecule has 0 aliphatic carbocycles. The molecule has 2 aromatic rings. The highest BCUT2D eigenvalue weighted by Crippen LogP contribution is 2.15. The number of benzene rings is 1. The number of rotatable bonds is 3. The Balaban J connectivity index is 2.10. The Morgan fingerprint density at radius 3 is 2.50 bits per heavy atom. The third-order valence-corrected chi connectivity index (χ3v) is 3.74. The summed E-state index contributed by atoms with van der Waals surface area (Å²) in [5, 5.41) is 9.73. The third-order valence-electron chi connectivity index (χ3n) is 2.12. The minimum atomic E-state index is -1.14. The first kappa shape index (κ1) is 11.2. The van der Waals surface area contributed by atoms with Gasteiger partial charge in [0.05, 0.1) is 27.6 Å². The molecule has 1 atom stereocenters. The Labute approximate surface area is 101 Å². The van der Waals surface area contributed by atoms with E-state index in [1.54, 1.807) is 18.2 Å². The van der Waals surface area contributed by atoms with Crippen LogP contribution in [0, 0.1) is 0 Å². The van der Waals surface area contributed by atoms with Gasteiger partial charge in [-0.1, -0.05) is 23.7 Å². The van der Waals surface area contributed by atoms with Crippen molar-refractivity contribution in [3.63, 3.8) is 0 Å². The van der Waals surface area contributed by atoms with E-state index in [4.69, 9.17) is 16.8 Å². The van der Waals surface area contributed by atoms with E-state index in [-0.39, 0.29) is 0 Å². The van der Waals surface area contributed by atoms with Crippen LogP contribution >= 0.6 is 11.6 Å². The second-order valence-electron chi connectivity index (χ2n) is 3.34. The van der Waals surface area contributed by atoms with Crippen LogP contribution in [0.4, 0.5) is 0 Å². The summed E-state index contributed by atoms with van der Waals surface area (Å²) in [6, 6.07) is 8.86. The van der Waals surface area contributed by atoms with Crippen LogP contribution in [0.1, 0.15) is 5.56 Å². The van der Waals surface area contributed by atoms with Gasteiger partial charge in [-0.15, -0.1) is 0 Å². The van der Waals surface area contributed by atoms with Crippen LogP contribution < -0.4 is 0 Å². The molecule has 1 heterocycles. The molecule has 1 aromatic carbocycles. The summed E-state index contributed by atoms with van der Waals surface area (Å²) in [7, 11) is -1.14. The average molecular weight is 256 g/mol. The van der Waals surface area contributed by atoms with Crippen LogP contribution in [0.5, 0.6) is 0 Å². The predicted molar refractivity (Wildman–Crippen MR) is 63.2 cm³/mol. The lowest BCUT2D eigenvalue weighted by molar-refractivity contribution is 0.186. The van der Waals surface area contributed by atoms with Crippen LogP contribution in [0.2, 0.25) is 5.02 Å². The maximum atomic E-state index is 11.9. The zero-order valence-corrected chi connectivity index (χ0v) is 9.91. The number of halogens is 1. The molecule has 84 valence electrons. The molecular weight excluding hydrogens is 246 g/mol. The van der Waals surface area contributed by atoms with Crippen LogP contribution in [0.25, 0.3) is 0 Å². The van der Waals surface area contributed by atoms with E-state index in [0.717, 1.165) is 10.3 Å². The molecule has 1 N–H and O–H groups in total. The zero-order chi connectivity index (χ0) is 11.5. The first-order chi connectivity index (χ1) is 7.65. The summed E-state index contributed by atoms with van der Waals surface area (Å²) >= 11 is 5.76. The molecule has 1 unspecified atom stereocenters. The molecule has 0 saturated carbocycles. The number of hydrogen-bond donors (Lipinski definition) is 1. The van der Waals surface area contributed by atoms with E-state index in [2.05, 4.69) is 0 Å². The molecule has 16 heavy (non-hydrogen) atoms. The highest BCUT2D eigenvalue weighted by Gasteiger charge is 2.06. The lowest BCUT2D eigenvalue weighted by Gasteiger charge is -2.00. The van der Waals surface area contributed by atoms with E-state index in [1.807, 2.05) is 12.1 Å². The molecule has 0 aliphatic rings. The maximum absolute atomic E-state index is 11.9. The molecule has 3 nitrogen and oxygen atoms in total. The Hall–Kier alpha value is -1.26. The third kappa shape index (κ3) is 2.65. The number of aromatic nitrogens is 1. The van der Waals surface area contributed by atoms with Crippen molar-refractivity contribution in [2.45, 2.75) is 10.6 Å². The Kier molecular flexibility index (Phi) is 3.31. The van der Waals surface area contributed by atoms with Crippen LogP contribution in [0.3, 0.4) is 0 Å². The zero-order valence-electron chi connectivity index (χ0n) is 8.34. The summed E-state index contributed by atoms with van der Waals surface area (Å²) in [5.74, 6) is 0.418. The molecule has 2 rings (SSSR count). The maximum Gasteiger partial charge on any atom is 0.0604 e. The number of nitrogens with zero attached hydrogens (tertiary/aromatic N) is 1.